The van der Waals surface area contributed by atoms with Gasteiger partial charge in [-0.1, -0.05) is 17.1 Å². The normalized spacial score (nSPS) is 15.9. The molecule has 2 saturated carbocycles. The number of hydrogen-bond acceptors (Lipinski definition) is 5. The van der Waals surface area contributed by atoms with Crippen molar-refractivity contribution in [3.8, 4) is 0 Å². The number of carbonyl (C=O) groups excluding carboxylic acids is 1. The molecule has 0 atom stereocenters. The van der Waals surface area contributed by atoms with Gasteiger partial charge in [-0.05, 0) is 56.0 Å². The maximum atomic E-state index is 13.3. The molecule has 2 aliphatic rings. The molecule has 10 heteroatoms. The zero-order valence-electron chi connectivity index (χ0n) is 18.5. The highest BCUT2D eigenvalue weighted by Gasteiger charge is 2.31. The number of alkyl halides is 3. The summed E-state index contributed by atoms with van der Waals surface area (Å²) in [5, 5.41) is 10.8. The summed E-state index contributed by atoms with van der Waals surface area (Å²) in [5.41, 5.74) is 0.997. The molecule has 0 unspecified atom stereocenters. The quantitative estimate of drug-likeness (QED) is 0.345. The minimum absolute atomic E-state index is 0.169. The van der Waals surface area contributed by atoms with E-state index in [-0.39, 0.29) is 17.6 Å². The van der Waals surface area contributed by atoms with Crippen LogP contribution in [0, 0.1) is 0 Å². The summed E-state index contributed by atoms with van der Waals surface area (Å²) in [6, 6.07) is 10.8. The van der Waals surface area contributed by atoms with Crippen molar-refractivity contribution in [1.29, 1.82) is 0 Å². The molecule has 0 saturated heterocycles. The molecule has 0 radical (unpaired) electrons. The van der Waals surface area contributed by atoms with Crippen molar-refractivity contribution >= 4 is 45.2 Å². The molecular weight excluding hydrogens is 457 g/mol. The number of aromatic amines is 1. The van der Waals surface area contributed by atoms with Crippen LogP contribution in [0.3, 0.4) is 0 Å². The lowest BCUT2D eigenvalue weighted by Gasteiger charge is -2.12. The number of benzene rings is 2. The Balaban J connectivity index is 1.46. The van der Waals surface area contributed by atoms with Crippen LogP contribution in [0.1, 0.15) is 41.6 Å². The van der Waals surface area contributed by atoms with Gasteiger partial charge in [0.2, 0.25) is 0 Å². The first kappa shape index (κ1) is 21.6. The van der Waals surface area contributed by atoms with E-state index < -0.39 is 11.7 Å². The fourth-order valence-corrected chi connectivity index (χ4v) is 3.95. The summed E-state index contributed by atoms with van der Waals surface area (Å²) < 4.78 is 39.8. The zero-order chi connectivity index (χ0) is 24.2. The van der Waals surface area contributed by atoms with Gasteiger partial charge in [0.05, 0.1) is 28.7 Å². The topological polar surface area (TPSA) is 93.1 Å². The maximum absolute atomic E-state index is 13.3. The van der Waals surface area contributed by atoms with Gasteiger partial charge in [-0.2, -0.15) is 13.2 Å². The maximum Gasteiger partial charge on any atom is 0.416 e. The highest BCUT2D eigenvalue weighted by molar-refractivity contribution is 6.10. The molecule has 0 aliphatic heterocycles. The average molecular weight is 479 g/mol. The van der Waals surface area contributed by atoms with Crippen LogP contribution in [-0.2, 0) is 6.18 Å². The molecule has 0 spiro atoms. The molecule has 6 rings (SSSR count). The second kappa shape index (κ2) is 8.07. The van der Waals surface area contributed by atoms with E-state index in [9.17, 15) is 18.0 Å². The van der Waals surface area contributed by atoms with Crippen LogP contribution in [0.4, 0.5) is 30.6 Å². The lowest BCUT2D eigenvalue weighted by atomic mass is 10.1. The molecule has 178 valence electrons. The van der Waals surface area contributed by atoms with Crippen molar-refractivity contribution in [2.45, 2.75) is 43.9 Å². The molecular formula is C25H22F3N6O+. The Morgan fingerprint density at radius 2 is 1.77 bits per heavy atom. The molecule has 2 aromatic carbocycles. The van der Waals surface area contributed by atoms with Crippen molar-refractivity contribution in [3.63, 3.8) is 0 Å². The Labute approximate surface area is 198 Å². The van der Waals surface area contributed by atoms with Gasteiger partial charge in [-0.3, -0.25) is 10.1 Å². The molecule has 1 amide bonds. The van der Waals surface area contributed by atoms with Crippen LogP contribution in [0.5, 0.6) is 0 Å². The second-order valence-electron chi connectivity index (χ2n) is 9.07. The summed E-state index contributed by atoms with van der Waals surface area (Å²) >= 11 is 0. The number of rotatable bonds is 6. The van der Waals surface area contributed by atoms with Gasteiger partial charge in [0, 0.05) is 22.7 Å². The summed E-state index contributed by atoms with van der Waals surface area (Å²) in [6.45, 7) is 0. The molecule has 4 aromatic rings. The number of pyridine rings is 1. The van der Waals surface area contributed by atoms with Crippen molar-refractivity contribution < 1.29 is 22.9 Å². The van der Waals surface area contributed by atoms with E-state index in [1.807, 2.05) is 6.07 Å². The van der Waals surface area contributed by atoms with Crippen LogP contribution in [-0.4, -0.2) is 28.0 Å². The number of H-pyrrole nitrogens is 1. The second-order valence-corrected chi connectivity index (χ2v) is 9.07. The molecule has 2 aliphatic carbocycles. The lowest BCUT2D eigenvalue weighted by Crippen LogP contribution is -2.25. The number of aromatic nitrogens is 3. The largest absolute Gasteiger partial charge is 0.416 e. The predicted molar refractivity (Wildman–Crippen MR) is 125 cm³/mol. The van der Waals surface area contributed by atoms with Gasteiger partial charge in [-0.25, -0.2) is 9.97 Å². The highest BCUT2D eigenvalue weighted by Crippen LogP contribution is 2.34. The van der Waals surface area contributed by atoms with Gasteiger partial charge >= 0.3 is 12.1 Å². The molecule has 2 fully saturated rings. The molecule has 35 heavy (non-hydrogen) atoms. The highest BCUT2D eigenvalue weighted by atomic mass is 19.4. The number of amides is 1. The molecule has 2 aromatic heterocycles. The molecule has 4 N–H and O–H groups in total. The van der Waals surface area contributed by atoms with E-state index in [2.05, 4.69) is 30.9 Å². The molecule has 7 nitrogen and oxygen atoms in total. The Morgan fingerprint density at radius 1 is 0.971 bits per heavy atom. The van der Waals surface area contributed by atoms with Gasteiger partial charge in [0.1, 0.15) is 0 Å². The van der Waals surface area contributed by atoms with E-state index in [1.54, 1.807) is 24.4 Å². The Bertz CT molecular complexity index is 1460. The lowest BCUT2D eigenvalue weighted by molar-refractivity contribution is -0.362. The fourth-order valence-electron chi connectivity index (χ4n) is 3.95. The van der Waals surface area contributed by atoms with E-state index in [0.717, 1.165) is 48.6 Å². The van der Waals surface area contributed by atoms with E-state index in [1.165, 1.54) is 6.07 Å². The minimum atomic E-state index is -4.46. The molecule has 0 bridgehead atoms. The smallest absolute Gasteiger partial charge is 0.349 e. The first-order valence-electron chi connectivity index (χ1n) is 11.5. The minimum Gasteiger partial charge on any atom is -0.349 e. The third-order valence-electron chi connectivity index (χ3n) is 6.12. The van der Waals surface area contributed by atoms with Crippen LogP contribution in [0.25, 0.3) is 21.8 Å². The first-order chi connectivity index (χ1) is 16.8. The number of hydrogen-bond donors (Lipinski definition) is 3. The van der Waals surface area contributed by atoms with Gasteiger partial charge in [0.15, 0.2) is 11.3 Å². The monoisotopic (exact) mass is 479 g/mol. The van der Waals surface area contributed by atoms with Crippen molar-refractivity contribution in [1.82, 2.24) is 15.3 Å². The van der Waals surface area contributed by atoms with Crippen LogP contribution in [0.15, 0.2) is 48.7 Å². The zero-order valence-corrected chi connectivity index (χ0v) is 18.5. The number of fused-ring (bicyclic) bond motifs is 3. The van der Waals surface area contributed by atoms with Crippen molar-refractivity contribution in [3.05, 3.63) is 59.8 Å². The van der Waals surface area contributed by atoms with E-state index in [4.69, 9.17) is 0 Å². The Kier molecular flexibility index (Phi) is 4.98. The van der Waals surface area contributed by atoms with Gasteiger partial charge in [0.25, 0.3) is 5.91 Å². The Morgan fingerprint density at radius 3 is 2.51 bits per heavy atom. The van der Waals surface area contributed by atoms with Gasteiger partial charge < -0.3 is 10.6 Å². The summed E-state index contributed by atoms with van der Waals surface area (Å²) in [6.07, 6.45) is 1.42. The third-order valence-corrected chi connectivity index (χ3v) is 6.12. The van der Waals surface area contributed by atoms with Crippen LogP contribution >= 0.6 is 0 Å². The average Bonchev–Trinajstić information content (AvgIpc) is 3.76. The number of halogens is 3. The standard InChI is InChI=1S/C25H21F3N6O/c26-25(27,28)14-2-1-3-17(11-14)30-22-21-19(12-29-24(34-21)32-16-7-8-16)18-9-4-13(10-20(18)33-22)23(35)31-15-5-6-15/h1-4,9-12,15-16H,5-8H2,(H,30,33)(H,31,35)(H,29,32,34)/p+1. The number of anilines is 3. The van der Waals surface area contributed by atoms with E-state index >= 15 is 0 Å². The SMILES string of the molecule is O=C(NC1CC1)c1ccc2c(c1)nc(Nc1cccc(C(F)(F)F)c1)c1nc(NC3CC3)[nH+]cc12. The number of carbonyl (C=O) groups is 1. The van der Waals surface area contributed by atoms with Crippen molar-refractivity contribution in [2.75, 3.05) is 10.6 Å². The van der Waals surface area contributed by atoms with Crippen molar-refractivity contribution in [2.24, 2.45) is 0 Å². The van der Waals surface area contributed by atoms with E-state index in [0.29, 0.717) is 34.4 Å². The number of nitrogens with one attached hydrogen (secondary N) is 4. The number of nitrogens with zero attached hydrogens (tertiary/aromatic N) is 2. The molecule has 2 heterocycles. The van der Waals surface area contributed by atoms with Crippen LogP contribution < -0.4 is 20.9 Å². The van der Waals surface area contributed by atoms with Gasteiger partial charge in [-0.15, -0.1) is 0 Å². The summed E-state index contributed by atoms with van der Waals surface area (Å²) in [5.74, 6) is 0.699. The third kappa shape index (κ3) is 4.55. The summed E-state index contributed by atoms with van der Waals surface area (Å²) in [7, 11) is 0. The predicted octanol–water partition coefficient (Wildman–Crippen LogP) is 4.83. The first-order valence-corrected chi connectivity index (χ1v) is 11.5. The fraction of sp³-hybridized carbons (Fsp3) is 0.280. The Hall–Kier alpha value is -3.95. The summed E-state index contributed by atoms with van der Waals surface area (Å²) in [4.78, 5) is 25.1. The van der Waals surface area contributed by atoms with Crippen LogP contribution in [0.2, 0.25) is 0 Å².